The molecular formula is C18H24N4S. The summed E-state index contributed by atoms with van der Waals surface area (Å²) in [5.41, 5.74) is 1.31. The molecule has 3 heterocycles. The van der Waals surface area contributed by atoms with Gasteiger partial charge in [0.1, 0.15) is 0 Å². The van der Waals surface area contributed by atoms with E-state index in [1.54, 1.807) is 0 Å². The Morgan fingerprint density at radius 1 is 1.26 bits per heavy atom. The van der Waals surface area contributed by atoms with E-state index in [2.05, 4.69) is 27.5 Å². The summed E-state index contributed by atoms with van der Waals surface area (Å²) in [4.78, 5) is 13.0. The van der Waals surface area contributed by atoms with Crippen molar-refractivity contribution < 1.29 is 0 Å². The van der Waals surface area contributed by atoms with Crippen LogP contribution in [0.1, 0.15) is 53.1 Å². The third-order valence-corrected chi connectivity index (χ3v) is 6.20. The number of rotatable bonds is 4. The lowest BCUT2D eigenvalue weighted by atomic mass is 10.1. The fourth-order valence-electron chi connectivity index (χ4n) is 3.79. The molecule has 2 aromatic heterocycles. The molecule has 1 aliphatic carbocycles. The van der Waals surface area contributed by atoms with Crippen LogP contribution in [0.3, 0.4) is 0 Å². The molecule has 0 amide bonds. The van der Waals surface area contributed by atoms with Gasteiger partial charge in [-0.2, -0.15) is 0 Å². The van der Waals surface area contributed by atoms with E-state index in [-0.39, 0.29) is 0 Å². The molecule has 1 aliphatic heterocycles. The number of piperazine rings is 1. The molecule has 0 radical (unpaired) electrons. The second kappa shape index (κ2) is 7.07. The molecule has 122 valence electrons. The molecule has 4 rings (SSSR count). The van der Waals surface area contributed by atoms with Gasteiger partial charge in [-0.1, -0.05) is 18.9 Å². The van der Waals surface area contributed by atoms with E-state index in [0.717, 1.165) is 32.1 Å². The fourth-order valence-corrected chi connectivity index (χ4v) is 4.91. The number of nitrogens with zero attached hydrogens (tertiary/aromatic N) is 3. The zero-order chi connectivity index (χ0) is 15.5. The Morgan fingerprint density at radius 3 is 3.00 bits per heavy atom. The molecule has 2 aromatic rings. The van der Waals surface area contributed by atoms with Crippen molar-refractivity contribution in [2.24, 2.45) is 0 Å². The minimum absolute atomic E-state index is 0.412. The van der Waals surface area contributed by atoms with Crippen molar-refractivity contribution in [1.29, 1.82) is 0 Å². The van der Waals surface area contributed by atoms with Crippen LogP contribution in [0.4, 0.5) is 0 Å². The molecule has 5 heteroatoms. The van der Waals surface area contributed by atoms with Gasteiger partial charge in [0.15, 0.2) is 0 Å². The monoisotopic (exact) mass is 328 g/mol. The number of hydrogen-bond donors (Lipinski definition) is 1. The predicted molar refractivity (Wildman–Crippen MR) is 93.6 cm³/mol. The highest BCUT2D eigenvalue weighted by Crippen LogP contribution is 2.36. The van der Waals surface area contributed by atoms with Gasteiger partial charge in [0, 0.05) is 61.6 Å². The molecule has 1 saturated carbocycles. The molecule has 4 nitrogen and oxygen atoms in total. The Kier molecular flexibility index (Phi) is 4.69. The van der Waals surface area contributed by atoms with Crippen LogP contribution in [-0.4, -0.2) is 34.5 Å². The highest BCUT2D eigenvalue weighted by molar-refractivity contribution is 7.11. The molecule has 2 fully saturated rings. The molecule has 23 heavy (non-hydrogen) atoms. The van der Waals surface area contributed by atoms with Gasteiger partial charge in [-0.15, -0.1) is 11.3 Å². The Labute approximate surface area is 142 Å². The first kappa shape index (κ1) is 15.2. The Bertz CT molecular complexity index is 621. The van der Waals surface area contributed by atoms with Crippen LogP contribution in [0.5, 0.6) is 0 Å². The summed E-state index contributed by atoms with van der Waals surface area (Å²) < 4.78 is 0. The zero-order valence-corrected chi connectivity index (χ0v) is 14.3. The average Bonchev–Trinajstić information content (AvgIpc) is 3.27. The highest BCUT2D eigenvalue weighted by atomic mass is 32.1. The Balaban J connectivity index is 1.47. The molecule has 2 aliphatic rings. The van der Waals surface area contributed by atoms with Crippen molar-refractivity contribution in [2.75, 3.05) is 19.6 Å². The van der Waals surface area contributed by atoms with E-state index in [0.29, 0.717) is 6.04 Å². The Hall–Kier alpha value is -1.30. The standard InChI is InChI=1S/C18H24N4S/c1-2-5-14(4-1)18-21-11-16(23-18)13-22-9-8-20-12-17(22)15-6-3-7-19-10-15/h3,6-7,10-11,14,17,20H,1-2,4-5,8-9,12-13H2. The predicted octanol–water partition coefficient (Wildman–Crippen LogP) is 3.34. The number of thiazole rings is 1. The van der Waals surface area contributed by atoms with Gasteiger partial charge in [0.2, 0.25) is 0 Å². The molecule has 0 aromatic carbocycles. The normalized spacial score (nSPS) is 23.4. The van der Waals surface area contributed by atoms with E-state index in [1.165, 1.54) is 41.1 Å². The molecule has 0 bridgehead atoms. The summed E-state index contributed by atoms with van der Waals surface area (Å²) in [7, 11) is 0. The largest absolute Gasteiger partial charge is 0.314 e. The van der Waals surface area contributed by atoms with E-state index in [9.17, 15) is 0 Å². The van der Waals surface area contributed by atoms with Crippen LogP contribution >= 0.6 is 11.3 Å². The number of hydrogen-bond acceptors (Lipinski definition) is 5. The van der Waals surface area contributed by atoms with E-state index in [1.807, 2.05) is 29.8 Å². The summed E-state index contributed by atoms with van der Waals surface area (Å²) in [5, 5.41) is 4.88. The topological polar surface area (TPSA) is 41.1 Å². The van der Waals surface area contributed by atoms with Crippen LogP contribution in [0.15, 0.2) is 30.7 Å². The summed E-state index contributed by atoms with van der Waals surface area (Å²) in [6.07, 6.45) is 11.4. The highest BCUT2D eigenvalue weighted by Gasteiger charge is 2.25. The summed E-state index contributed by atoms with van der Waals surface area (Å²) >= 11 is 1.93. The molecule has 1 unspecified atom stereocenters. The number of aromatic nitrogens is 2. The fraction of sp³-hybridized carbons (Fsp3) is 0.556. The smallest absolute Gasteiger partial charge is 0.0959 e. The van der Waals surface area contributed by atoms with Crippen molar-refractivity contribution in [1.82, 2.24) is 20.2 Å². The van der Waals surface area contributed by atoms with E-state index in [4.69, 9.17) is 4.98 Å². The van der Waals surface area contributed by atoms with Crippen LogP contribution < -0.4 is 5.32 Å². The molecular weight excluding hydrogens is 304 g/mol. The van der Waals surface area contributed by atoms with Crippen molar-refractivity contribution in [2.45, 2.75) is 44.2 Å². The van der Waals surface area contributed by atoms with Crippen molar-refractivity contribution in [3.8, 4) is 0 Å². The van der Waals surface area contributed by atoms with Crippen LogP contribution in [0, 0.1) is 0 Å². The van der Waals surface area contributed by atoms with Crippen molar-refractivity contribution >= 4 is 11.3 Å². The third-order valence-electron chi connectivity index (χ3n) is 5.06. The Morgan fingerprint density at radius 2 is 2.17 bits per heavy atom. The lowest BCUT2D eigenvalue weighted by Gasteiger charge is -2.36. The molecule has 1 N–H and O–H groups in total. The quantitative estimate of drug-likeness (QED) is 0.934. The third kappa shape index (κ3) is 3.47. The number of pyridine rings is 1. The minimum atomic E-state index is 0.412. The maximum Gasteiger partial charge on any atom is 0.0959 e. The first-order valence-corrected chi connectivity index (χ1v) is 9.51. The molecule has 1 atom stereocenters. The van der Waals surface area contributed by atoms with Crippen LogP contribution in [0.2, 0.25) is 0 Å². The molecule has 0 spiro atoms. The second-order valence-electron chi connectivity index (χ2n) is 6.62. The van der Waals surface area contributed by atoms with Gasteiger partial charge in [-0.3, -0.25) is 9.88 Å². The van der Waals surface area contributed by atoms with Gasteiger partial charge < -0.3 is 5.32 Å². The lowest BCUT2D eigenvalue weighted by molar-refractivity contribution is 0.155. The van der Waals surface area contributed by atoms with Gasteiger partial charge in [-0.25, -0.2) is 4.98 Å². The minimum Gasteiger partial charge on any atom is -0.314 e. The van der Waals surface area contributed by atoms with Gasteiger partial charge in [0.25, 0.3) is 0 Å². The van der Waals surface area contributed by atoms with E-state index < -0.39 is 0 Å². The van der Waals surface area contributed by atoms with Gasteiger partial charge in [0.05, 0.1) is 5.01 Å². The summed E-state index contributed by atoms with van der Waals surface area (Å²) in [6, 6.07) is 4.64. The SMILES string of the molecule is c1cncc(C2CNCCN2Cc2cnc(C3CCCC3)s2)c1. The van der Waals surface area contributed by atoms with Crippen molar-refractivity contribution in [3.05, 3.63) is 46.2 Å². The average molecular weight is 328 g/mol. The first-order chi connectivity index (χ1) is 11.4. The van der Waals surface area contributed by atoms with Crippen LogP contribution in [0.25, 0.3) is 0 Å². The zero-order valence-electron chi connectivity index (χ0n) is 13.4. The summed E-state index contributed by atoms with van der Waals surface area (Å²) in [5.74, 6) is 0.728. The second-order valence-corrected chi connectivity index (χ2v) is 7.77. The first-order valence-electron chi connectivity index (χ1n) is 8.69. The van der Waals surface area contributed by atoms with Crippen molar-refractivity contribution in [3.63, 3.8) is 0 Å². The lowest BCUT2D eigenvalue weighted by Crippen LogP contribution is -2.45. The number of nitrogens with one attached hydrogen (secondary N) is 1. The van der Waals surface area contributed by atoms with Crippen LogP contribution in [-0.2, 0) is 6.54 Å². The van der Waals surface area contributed by atoms with Gasteiger partial charge in [-0.05, 0) is 24.5 Å². The maximum absolute atomic E-state index is 4.73. The maximum atomic E-state index is 4.73. The summed E-state index contributed by atoms with van der Waals surface area (Å²) in [6.45, 7) is 4.15. The van der Waals surface area contributed by atoms with E-state index >= 15 is 0 Å². The molecule has 1 saturated heterocycles. The van der Waals surface area contributed by atoms with Gasteiger partial charge >= 0.3 is 0 Å².